The zero-order valence-electron chi connectivity index (χ0n) is 36.4. The number of hydrogen-bond acceptors (Lipinski definition) is 1. The summed E-state index contributed by atoms with van der Waals surface area (Å²) in [5, 5.41) is 3.79. The molecule has 0 aliphatic heterocycles. The van der Waals surface area contributed by atoms with Gasteiger partial charge in [-0.15, -0.1) is 0 Å². The monoisotopic (exact) mass is 824 g/mol. The van der Waals surface area contributed by atoms with Crippen molar-refractivity contribution >= 4 is 50.3 Å². The van der Waals surface area contributed by atoms with Gasteiger partial charge in [0.05, 0.1) is 22.6 Å². The molecule has 0 saturated heterocycles. The number of hydrogen-bond donors (Lipinski definition) is 0. The van der Waals surface area contributed by atoms with Crippen LogP contribution in [0.15, 0.2) is 222 Å². The van der Waals surface area contributed by atoms with Gasteiger partial charge in [-0.25, -0.2) is 4.99 Å². The van der Waals surface area contributed by atoms with Crippen LogP contribution >= 0.6 is 0 Å². The van der Waals surface area contributed by atoms with E-state index in [0.29, 0.717) is 0 Å². The van der Waals surface area contributed by atoms with Crippen LogP contribution in [0.25, 0.3) is 61.3 Å². The molecule has 1 aliphatic carbocycles. The quantitative estimate of drug-likeness (QED) is 0.108. The van der Waals surface area contributed by atoms with Crippen LogP contribution in [0.3, 0.4) is 0 Å². The van der Waals surface area contributed by atoms with Gasteiger partial charge in [0.2, 0.25) is 0 Å². The van der Waals surface area contributed by atoms with Crippen LogP contribution in [0.5, 0.6) is 0 Å². The van der Waals surface area contributed by atoms with Crippen LogP contribution in [-0.4, -0.2) is 20.7 Å². The molecule has 2 atom stereocenters. The Hall–Kier alpha value is -7.82. The maximum Gasteiger partial charge on any atom is 0.155 e. The predicted octanol–water partition coefficient (Wildman–Crippen LogP) is 14.9. The number of aliphatic imine (C=N–C) groups is 2. The van der Waals surface area contributed by atoms with Gasteiger partial charge >= 0.3 is 0 Å². The first kappa shape index (κ1) is 39.1. The molecule has 2 heterocycles. The highest BCUT2D eigenvalue weighted by Gasteiger charge is 2.32. The van der Waals surface area contributed by atoms with Crippen molar-refractivity contribution in [3.05, 3.63) is 246 Å². The zero-order chi connectivity index (χ0) is 43.2. The van der Waals surface area contributed by atoms with Crippen LogP contribution in [0.1, 0.15) is 60.3 Å². The van der Waals surface area contributed by atoms with E-state index >= 15 is 0 Å². The fourth-order valence-corrected chi connectivity index (χ4v) is 9.73. The molecule has 1 aliphatic rings. The van der Waals surface area contributed by atoms with Crippen molar-refractivity contribution in [1.82, 2.24) is 9.13 Å². The lowest BCUT2D eigenvalue weighted by molar-refractivity contribution is 0.588. The average molecular weight is 825 g/mol. The molecule has 8 aromatic carbocycles. The first-order chi connectivity index (χ1) is 31.4. The van der Waals surface area contributed by atoms with Gasteiger partial charge in [0.15, 0.2) is 5.84 Å². The maximum atomic E-state index is 5.24. The Morgan fingerprint density at radius 3 is 1.80 bits per heavy atom. The summed E-state index contributed by atoms with van der Waals surface area (Å²) in [7, 11) is 0. The summed E-state index contributed by atoms with van der Waals surface area (Å²) in [6.07, 6.45) is 5.62. The Balaban J connectivity index is 0.992. The van der Waals surface area contributed by atoms with E-state index in [1.54, 1.807) is 0 Å². The third-order valence-corrected chi connectivity index (χ3v) is 13.1. The fraction of sp³-hybridized carbons (Fsp3) is 0.100. The van der Waals surface area contributed by atoms with E-state index in [2.05, 4.69) is 236 Å². The number of para-hydroxylation sites is 3. The van der Waals surface area contributed by atoms with Crippen LogP contribution in [0.4, 0.5) is 0 Å². The lowest BCUT2D eigenvalue weighted by Crippen LogP contribution is -2.25. The summed E-state index contributed by atoms with van der Waals surface area (Å²) in [6, 6.07) is 73.9. The molecule has 11 rings (SSSR count). The highest BCUT2D eigenvalue weighted by Crippen LogP contribution is 2.43. The Morgan fingerprint density at radius 2 is 1.09 bits per heavy atom. The molecular weight excluding hydrogens is 777 g/mol. The number of amidine groups is 1. The van der Waals surface area contributed by atoms with E-state index in [4.69, 9.17) is 9.98 Å². The molecular formula is C60H48N4. The molecule has 4 heteroatoms. The molecule has 64 heavy (non-hydrogen) atoms. The third kappa shape index (κ3) is 6.98. The number of nitrogens with zero attached hydrogens (tertiary/aromatic N) is 4. The SMILES string of the molecule is C/C(=N\C(=N/C(C)c1ccccc1)c1ccccc1)c1cccc(C2(C)C=Cc3c(c4cc(-c5ccc6c(c5)c5ccccc5n6-c5ccccc5)ccc4n3-c3ccccc3)C2)c1. The molecule has 0 fully saturated rings. The molecule has 4 nitrogen and oxygen atoms in total. The minimum absolute atomic E-state index is 0.0391. The molecule has 0 spiro atoms. The van der Waals surface area contributed by atoms with E-state index in [9.17, 15) is 0 Å². The van der Waals surface area contributed by atoms with Gasteiger partial charge in [-0.3, -0.25) is 4.99 Å². The van der Waals surface area contributed by atoms with E-state index in [-0.39, 0.29) is 11.5 Å². The fourth-order valence-electron chi connectivity index (χ4n) is 9.73. The van der Waals surface area contributed by atoms with Crippen molar-refractivity contribution in [1.29, 1.82) is 0 Å². The predicted molar refractivity (Wildman–Crippen MR) is 270 cm³/mol. The minimum Gasteiger partial charge on any atom is -0.310 e. The van der Waals surface area contributed by atoms with Crippen molar-refractivity contribution in [2.45, 2.75) is 38.6 Å². The molecule has 0 N–H and O–H groups in total. The first-order valence-corrected chi connectivity index (χ1v) is 22.3. The molecule has 2 aromatic heterocycles. The Bertz CT molecular complexity index is 3430. The second kappa shape index (κ2) is 16.1. The second-order valence-corrected chi connectivity index (χ2v) is 17.3. The molecule has 0 bridgehead atoms. The second-order valence-electron chi connectivity index (χ2n) is 17.3. The number of allylic oxidation sites excluding steroid dienone is 1. The minimum atomic E-state index is -0.258. The highest BCUT2D eigenvalue weighted by atomic mass is 15.0. The van der Waals surface area contributed by atoms with Crippen molar-refractivity contribution < 1.29 is 0 Å². The van der Waals surface area contributed by atoms with Gasteiger partial charge < -0.3 is 9.13 Å². The average Bonchev–Trinajstić information content (AvgIpc) is 3.86. The van der Waals surface area contributed by atoms with Gasteiger partial charge in [0.25, 0.3) is 0 Å². The van der Waals surface area contributed by atoms with E-state index in [1.165, 1.54) is 66.3 Å². The molecule has 0 radical (unpaired) electrons. The Kier molecular flexibility index (Phi) is 9.85. The summed E-state index contributed by atoms with van der Waals surface area (Å²) >= 11 is 0. The smallest absolute Gasteiger partial charge is 0.155 e. The summed E-state index contributed by atoms with van der Waals surface area (Å²) in [6.45, 7) is 6.62. The summed E-state index contributed by atoms with van der Waals surface area (Å²) < 4.78 is 4.82. The van der Waals surface area contributed by atoms with Crippen LogP contribution in [-0.2, 0) is 11.8 Å². The van der Waals surface area contributed by atoms with Gasteiger partial charge in [0.1, 0.15) is 0 Å². The van der Waals surface area contributed by atoms with Crippen LogP contribution in [0.2, 0.25) is 0 Å². The molecule has 2 unspecified atom stereocenters. The molecule has 0 saturated carbocycles. The van der Waals surface area contributed by atoms with Crippen molar-refractivity contribution in [2.24, 2.45) is 9.98 Å². The molecule has 0 amide bonds. The standard InChI is InChI=1S/C60H48N4/c1-41(43-19-8-4-9-20-43)61-59(44-21-10-5-11-22-44)62-42(2)45-23-18-24-48(37-45)60(3)36-35-58-54(40-60)53-39-47(32-34-57(53)64(58)50-27-14-7-15-28-50)46-31-33-56-52(38-46)51-29-16-17-30-55(51)63(56)49-25-12-6-13-26-49/h4-39,41H,40H2,1-3H3/b61-59-,62-42+. The normalized spacial score (nSPS) is 15.8. The van der Waals surface area contributed by atoms with E-state index in [1.807, 2.05) is 12.1 Å². The topological polar surface area (TPSA) is 34.6 Å². The first-order valence-electron chi connectivity index (χ1n) is 22.3. The molecule has 10 aromatic rings. The van der Waals surface area contributed by atoms with Crippen molar-refractivity contribution in [3.63, 3.8) is 0 Å². The number of benzene rings is 8. The van der Waals surface area contributed by atoms with Crippen molar-refractivity contribution in [3.8, 4) is 22.5 Å². The number of fused-ring (bicyclic) bond motifs is 6. The van der Waals surface area contributed by atoms with Crippen LogP contribution < -0.4 is 0 Å². The van der Waals surface area contributed by atoms with Gasteiger partial charge in [0, 0.05) is 49.9 Å². The Morgan fingerprint density at radius 1 is 0.531 bits per heavy atom. The number of rotatable bonds is 8. The summed E-state index contributed by atoms with van der Waals surface area (Å²) in [5.41, 5.74) is 16.2. The lowest BCUT2D eigenvalue weighted by atomic mass is 9.73. The van der Waals surface area contributed by atoms with Crippen LogP contribution in [0, 0.1) is 0 Å². The van der Waals surface area contributed by atoms with Crippen molar-refractivity contribution in [2.75, 3.05) is 0 Å². The summed E-state index contributed by atoms with van der Waals surface area (Å²) in [5.74, 6) is 0.735. The zero-order valence-corrected chi connectivity index (χ0v) is 36.4. The van der Waals surface area contributed by atoms with Gasteiger partial charge in [-0.1, -0.05) is 159 Å². The summed E-state index contributed by atoms with van der Waals surface area (Å²) in [4.78, 5) is 10.4. The van der Waals surface area contributed by atoms with E-state index in [0.717, 1.165) is 40.3 Å². The third-order valence-electron chi connectivity index (χ3n) is 13.1. The largest absolute Gasteiger partial charge is 0.310 e. The maximum absolute atomic E-state index is 5.24. The van der Waals surface area contributed by atoms with Gasteiger partial charge in [-0.05, 0) is 120 Å². The van der Waals surface area contributed by atoms with Gasteiger partial charge in [-0.2, -0.15) is 0 Å². The lowest BCUT2D eigenvalue weighted by Gasteiger charge is -2.31. The Labute approximate surface area is 374 Å². The molecule has 308 valence electrons. The number of aromatic nitrogens is 2. The highest BCUT2D eigenvalue weighted by molar-refractivity contribution is 6.12. The van der Waals surface area contributed by atoms with E-state index < -0.39 is 0 Å².